The Bertz CT molecular complexity index is 578. The molecule has 2 heterocycles. The minimum Gasteiger partial charge on any atom is -0.331 e. The summed E-state index contributed by atoms with van der Waals surface area (Å²) in [6, 6.07) is -0.978. The summed E-state index contributed by atoms with van der Waals surface area (Å²) in [4.78, 5) is 11.6. The quantitative estimate of drug-likeness (QED) is 0.845. The average Bonchev–Trinajstić information content (AvgIpc) is 2.85. The summed E-state index contributed by atoms with van der Waals surface area (Å²) in [5.74, 6) is -0.100. The predicted molar refractivity (Wildman–Crippen MR) is 68.2 cm³/mol. The van der Waals surface area contributed by atoms with Gasteiger partial charge in [-0.2, -0.15) is 0 Å². The molecule has 0 fully saturated rings. The first-order valence-corrected chi connectivity index (χ1v) is 7.82. The normalized spacial score (nSPS) is 20.8. The molecule has 1 aromatic heterocycles. The van der Waals surface area contributed by atoms with Gasteiger partial charge in [0.25, 0.3) is 0 Å². The maximum atomic E-state index is 11.6. The lowest BCUT2D eigenvalue weighted by Gasteiger charge is -2.09. The summed E-state index contributed by atoms with van der Waals surface area (Å²) < 4.78 is 22.3. The lowest BCUT2D eigenvalue weighted by atomic mass is 10.3. The van der Waals surface area contributed by atoms with Gasteiger partial charge in [0.1, 0.15) is 5.01 Å². The Kier molecular flexibility index (Phi) is 3.62. The van der Waals surface area contributed by atoms with E-state index in [1.165, 1.54) is 17.4 Å². The van der Waals surface area contributed by atoms with Crippen LogP contribution in [0.5, 0.6) is 0 Å². The number of carbonyl (C=O) groups is 1. The monoisotopic (exact) mass is 288 g/mol. The fourth-order valence-electron chi connectivity index (χ4n) is 1.41. The highest BCUT2D eigenvalue weighted by Gasteiger charge is 2.23. The van der Waals surface area contributed by atoms with Gasteiger partial charge in [-0.15, -0.1) is 10.2 Å². The second kappa shape index (κ2) is 5.02. The zero-order valence-electron chi connectivity index (χ0n) is 9.58. The van der Waals surface area contributed by atoms with Crippen LogP contribution in [0, 0.1) is 0 Å². The predicted octanol–water partition coefficient (Wildman–Crippen LogP) is 0.533. The molecule has 0 spiro atoms. The van der Waals surface area contributed by atoms with E-state index in [1.807, 2.05) is 6.92 Å². The summed E-state index contributed by atoms with van der Waals surface area (Å²) in [7, 11) is -3.16. The SMILES string of the molecule is CCc1nnc(NC(=O)N[C@H]2C=CS(=O)(=O)C2)s1. The van der Waals surface area contributed by atoms with E-state index < -0.39 is 21.9 Å². The van der Waals surface area contributed by atoms with Crippen LogP contribution in [0.1, 0.15) is 11.9 Å². The van der Waals surface area contributed by atoms with Crippen molar-refractivity contribution in [3.8, 4) is 0 Å². The summed E-state index contributed by atoms with van der Waals surface area (Å²) in [5, 5.41) is 15.0. The van der Waals surface area contributed by atoms with Crippen LogP contribution in [0.15, 0.2) is 11.5 Å². The van der Waals surface area contributed by atoms with E-state index >= 15 is 0 Å². The number of anilines is 1. The Hall–Kier alpha value is -1.48. The molecule has 0 unspecified atom stereocenters. The molecule has 0 radical (unpaired) electrons. The van der Waals surface area contributed by atoms with Crippen LogP contribution in [-0.4, -0.2) is 36.4 Å². The molecule has 7 nitrogen and oxygen atoms in total. The Balaban J connectivity index is 1.88. The fourth-order valence-corrected chi connectivity index (χ4v) is 3.32. The van der Waals surface area contributed by atoms with Crippen LogP contribution >= 0.6 is 11.3 Å². The number of sulfone groups is 1. The van der Waals surface area contributed by atoms with Gasteiger partial charge in [-0.25, -0.2) is 13.2 Å². The zero-order chi connectivity index (χ0) is 13.2. The molecule has 0 saturated heterocycles. The number of hydrogen-bond acceptors (Lipinski definition) is 6. The average molecular weight is 288 g/mol. The Morgan fingerprint density at radius 2 is 2.33 bits per heavy atom. The first-order chi connectivity index (χ1) is 8.48. The van der Waals surface area contributed by atoms with Gasteiger partial charge in [-0.1, -0.05) is 18.3 Å². The molecule has 18 heavy (non-hydrogen) atoms. The van der Waals surface area contributed by atoms with Gasteiger partial charge in [0, 0.05) is 5.41 Å². The molecule has 98 valence electrons. The number of carbonyl (C=O) groups excluding carboxylic acids is 1. The molecule has 2 amide bonds. The third kappa shape index (κ3) is 3.26. The first-order valence-electron chi connectivity index (χ1n) is 5.29. The number of aromatic nitrogens is 2. The van der Waals surface area contributed by atoms with Crippen molar-refractivity contribution in [2.75, 3.05) is 11.1 Å². The van der Waals surface area contributed by atoms with Gasteiger partial charge in [-0.05, 0) is 12.5 Å². The smallest absolute Gasteiger partial charge is 0.321 e. The van der Waals surface area contributed by atoms with Crippen LogP contribution in [0.4, 0.5) is 9.93 Å². The van der Waals surface area contributed by atoms with E-state index in [-0.39, 0.29) is 5.75 Å². The van der Waals surface area contributed by atoms with Gasteiger partial charge < -0.3 is 5.32 Å². The number of urea groups is 1. The van der Waals surface area contributed by atoms with Crippen molar-refractivity contribution in [3.63, 3.8) is 0 Å². The molecular formula is C9H12N4O3S2. The second-order valence-corrected chi connectivity index (χ2v) is 6.71. The third-order valence-corrected chi connectivity index (χ3v) is 4.61. The van der Waals surface area contributed by atoms with Crippen molar-refractivity contribution in [2.45, 2.75) is 19.4 Å². The maximum absolute atomic E-state index is 11.6. The van der Waals surface area contributed by atoms with E-state index in [9.17, 15) is 13.2 Å². The van der Waals surface area contributed by atoms with Crippen molar-refractivity contribution in [3.05, 3.63) is 16.5 Å². The molecule has 1 aromatic rings. The number of nitrogens with zero attached hydrogens (tertiary/aromatic N) is 2. The molecule has 9 heteroatoms. The van der Waals surface area contributed by atoms with Crippen molar-refractivity contribution in [2.24, 2.45) is 0 Å². The zero-order valence-corrected chi connectivity index (χ0v) is 11.2. The number of amides is 2. The molecule has 1 aliphatic rings. The van der Waals surface area contributed by atoms with Gasteiger partial charge in [0.15, 0.2) is 9.84 Å². The lowest BCUT2D eigenvalue weighted by molar-refractivity contribution is 0.251. The van der Waals surface area contributed by atoms with E-state index in [2.05, 4.69) is 20.8 Å². The van der Waals surface area contributed by atoms with E-state index in [0.717, 1.165) is 16.8 Å². The molecule has 1 atom stereocenters. The van der Waals surface area contributed by atoms with Crippen molar-refractivity contribution in [1.29, 1.82) is 0 Å². The maximum Gasteiger partial charge on any atom is 0.321 e. The molecule has 1 aliphatic heterocycles. The number of nitrogens with one attached hydrogen (secondary N) is 2. The highest BCUT2D eigenvalue weighted by atomic mass is 32.2. The van der Waals surface area contributed by atoms with Gasteiger partial charge in [0.2, 0.25) is 5.13 Å². The van der Waals surface area contributed by atoms with Crippen LogP contribution in [0.25, 0.3) is 0 Å². The Morgan fingerprint density at radius 1 is 1.56 bits per heavy atom. The van der Waals surface area contributed by atoms with Crippen molar-refractivity contribution >= 4 is 32.3 Å². The summed E-state index contributed by atoms with van der Waals surface area (Å²) in [6.07, 6.45) is 2.21. The van der Waals surface area contributed by atoms with Crippen LogP contribution < -0.4 is 10.6 Å². The highest BCUT2D eigenvalue weighted by molar-refractivity contribution is 7.94. The lowest BCUT2D eigenvalue weighted by Crippen LogP contribution is -2.38. The molecular weight excluding hydrogens is 276 g/mol. The largest absolute Gasteiger partial charge is 0.331 e. The van der Waals surface area contributed by atoms with Gasteiger partial charge in [0.05, 0.1) is 11.8 Å². The van der Waals surface area contributed by atoms with Gasteiger partial charge >= 0.3 is 6.03 Å². The second-order valence-electron chi connectivity index (χ2n) is 3.72. The Morgan fingerprint density at radius 3 is 2.89 bits per heavy atom. The van der Waals surface area contributed by atoms with E-state index in [4.69, 9.17) is 0 Å². The summed E-state index contributed by atoms with van der Waals surface area (Å²) in [5.41, 5.74) is 0. The third-order valence-electron chi connectivity index (χ3n) is 2.24. The molecule has 0 aromatic carbocycles. The van der Waals surface area contributed by atoms with Crippen LogP contribution in [0.2, 0.25) is 0 Å². The van der Waals surface area contributed by atoms with Crippen molar-refractivity contribution < 1.29 is 13.2 Å². The number of hydrogen-bond donors (Lipinski definition) is 2. The molecule has 0 bridgehead atoms. The van der Waals surface area contributed by atoms with E-state index in [0.29, 0.717) is 5.13 Å². The van der Waals surface area contributed by atoms with Crippen LogP contribution in [-0.2, 0) is 16.3 Å². The van der Waals surface area contributed by atoms with Crippen LogP contribution in [0.3, 0.4) is 0 Å². The van der Waals surface area contributed by atoms with Crippen molar-refractivity contribution in [1.82, 2.24) is 15.5 Å². The highest BCUT2D eigenvalue weighted by Crippen LogP contribution is 2.15. The Labute approximate surface area is 108 Å². The van der Waals surface area contributed by atoms with E-state index in [1.54, 1.807) is 0 Å². The molecule has 2 N–H and O–H groups in total. The minimum atomic E-state index is -3.16. The number of rotatable bonds is 3. The first kappa shape index (κ1) is 13.0. The summed E-state index contributed by atoms with van der Waals surface area (Å²) in [6.45, 7) is 1.94. The number of aryl methyl sites for hydroxylation is 1. The standard InChI is InChI=1S/C9H12N4O3S2/c1-2-7-12-13-9(17-7)11-8(14)10-6-3-4-18(15,16)5-6/h3-4,6H,2,5H2,1H3,(H2,10,11,13,14)/t6-/m0/s1. The topological polar surface area (TPSA) is 101 Å². The molecule has 0 saturated carbocycles. The summed E-state index contributed by atoms with van der Waals surface area (Å²) >= 11 is 1.29. The minimum absolute atomic E-state index is 0.100. The van der Waals surface area contributed by atoms with Gasteiger partial charge in [-0.3, -0.25) is 5.32 Å². The molecule has 0 aliphatic carbocycles. The molecule has 2 rings (SSSR count). The fraction of sp³-hybridized carbons (Fsp3) is 0.444.